The number of ether oxygens (including phenoxy) is 1. The Bertz CT molecular complexity index is 1170. The summed E-state index contributed by atoms with van der Waals surface area (Å²) >= 11 is 1.42. The van der Waals surface area contributed by atoms with Gasteiger partial charge in [0.25, 0.3) is 5.91 Å². The van der Waals surface area contributed by atoms with E-state index in [1.165, 1.54) is 11.3 Å². The van der Waals surface area contributed by atoms with Gasteiger partial charge in [0.15, 0.2) is 5.13 Å². The molecule has 0 radical (unpaired) electrons. The first-order chi connectivity index (χ1) is 13.6. The van der Waals surface area contributed by atoms with Crippen molar-refractivity contribution in [2.45, 2.75) is 13.8 Å². The van der Waals surface area contributed by atoms with Crippen LogP contribution in [-0.4, -0.2) is 23.0 Å². The molecular weight excluding hydrogens is 370 g/mol. The fourth-order valence-electron chi connectivity index (χ4n) is 3.20. The molecule has 4 aromatic rings. The summed E-state index contributed by atoms with van der Waals surface area (Å²) in [5.74, 6) is 0.597. The number of aryl methyl sites for hydroxylation is 1. The van der Waals surface area contributed by atoms with E-state index in [4.69, 9.17) is 9.72 Å². The summed E-state index contributed by atoms with van der Waals surface area (Å²) in [6.45, 7) is 3.84. The molecule has 140 valence electrons. The molecule has 0 unspecified atom stereocenters. The Morgan fingerprint density at radius 3 is 2.46 bits per heavy atom. The van der Waals surface area contributed by atoms with Crippen molar-refractivity contribution in [2.75, 3.05) is 12.4 Å². The molecule has 5 nitrogen and oxygen atoms in total. The molecular formula is C22H19N3O2S. The number of aromatic nitrogens is 2. The van der Waals surface area contributed by atoms with Crippen molar-refractivity contribution in [3.05, 3.63) is 70.7 Å². The van der Waals surface area contributed by atoms with Crippen LogP contribution in [0.3, 0.4) is 0 Å². The third-order valence-electron chi connectivity index (χ3n) is 4.57. The normalized spacial score (nSPS) is 10.8. The molecule has 28 heavy (non-hydrogen) atoms. The number of hydrogen-bond acceptors (Lipinski definition) is 5. The van der Waals surface area contributed by atoms with Gasteiger partial charge in [-0.15, -0.1) is 11.3 Å². The van der Waals surface area contributed by atoms with Crippen molar-refractivity contribution in [1.29, 1.82) is 0 Å². The van der Waals surface area contributed by atoms with Gasteiger partial charge in [-0.05, 0) is 49.7 Å². The van der Waals surface area contributed by atoms with Crippen LogP contribution in [0.4, 0.5) is 5.13 Å². The summed E-state index contributed by atoms with van der Waals surface area (Å²) in [5, 5.41) is 6.26. The highest BCUT2D eigenvalue weighted by atomic mass is 32.1. The van der Waals surface area contributed by atoms with Gasteiger partial charge in [0.05, 0.1) is 29.6 Å². The van der Waals surface area contributed by atoms with E-state index in [1.54, 1.807) is 7.11 Å². The van der Waals surface area contributed by atoms with Gasteiger partial charge in [-0.3, -0.25) is 10.1 Å². The van der Waals surface area contributed by atoms with Gasteiger partial charge in [-0.2, -0.15) is 0 Å². The maximum Gasteiger partial charge on any atom is 0.258 e. The van der Waals surface area contributed by atoms with Gasteiger partial charge in [0, 0.05) is 16.3 Å². The van der Waals surface area contributed by atoms with Crippen molar-refractivity contribution in [3.63, 3.8) is 0 Å². The van der Waals surface area contributed by atoms with Crippen LogP contribution >= 0.6 is 11.3 Å². The van der Waals surface area contributed by atoms with Gasteiger partial charge in [-0.25, -0.2) is 9.97 Å². The molecule has 2 aromatic heterocycles. The Hall–Kier alpha value is -3.25. The van der Waals surface area contributed by atoms with E-state index in [2.05, 4.69) is 10.3 Å². The molecule has 0 saturated carbocycles. The minimum atomic E-state index is -0.180. The van der Waals surface area contributed by atoms with E-state index in [-0.39, 0.29) is 5.91 Å². The number of para-hydroxylation sites is 1. The predicted molar refractivity (Wildman–Crippen MR) is 113 cm³/mol. The molecule has 0 atom stereocenters. The first-order valence-electron chi connectivity index (χ1n) is 8.84. The van der Waals surface area contributed by atoms with Crippen LogP contribution in [0.15, 0.2) is 53.9 Å². The second-order valence-electron chi connectivity index (χ2n) is 6.45. The molecule has 2 aromatic carbocycles. The van der Waals surface area contributed by atoms with Crippen LogP contribution < -0.4 is 10.1 Å². The van der Waals surface area contributed by atoms with Crippen LogP contribution in [0.5, 0.6) is 5.75 Å². The fourth-order valence-corrected chi connectivity index (χ4v) is 3.88. The van der Waals surface area contributed by atoms with Gasteiger partial charge in [0.1, 0.15) is 5.75 Å². The van der Waals surface area contributed by atoms with Gasteiger partial charge < -0.3 is 4.74 Å². The maximum atomic E-state index is 13.1. The monoisotopic (exact) mass is 389 g/mol. The standard InChI is InChI=1S/C22H19N3O2S/c1-13-12-28-22(23-13)25-21(26)19-14(2)20(15-8-10-16(27-3)11-9-15)24-18-7-5-4-6-17(18)19/h4-12H,1-3H3,(H,23,25,26). The van der Waals surface area contributed by atoms with E-state index in [9.17, 15) is 4.79 Å². The Morgan fingerprint density at radius 2 is 1.79 bits per heavy atom. The minimum Gasteiger partial charge on any atom is -0.497 e. The zero-order valence-corrected chi connectivity index (χ0v) is 16.6. The molecule has 0 fully saturated rings. The highest BCUT2D eigenvalue weighted by molar-refractivity contribution is 7.13. The van der Waals surface area contributed by atoms with Crippen LogP contribution in [-0.2, 0) is 0 Å². The summed E-state index contributed by atoms with van der Waals surface area (Å²) in [7, 11) is 1.64. The first kappa shape index (κ1) is 18.1. The number of nitrogens with zero attached hydrogens (tertiary/aromatic N) is 2. The summed E-state index contributed by atoms with van der Waals surface area (Å²) in [5.41, 5.74) is 4.82. The topological polar surface area (TPSA) is 64.1 Å². The number of anilines is 1. The molecule has 0 aliphatic heterocycles. The number of methoxy groups -OCH3 is 1. The molecule has 1 N–H and O–H groups in total. The second-order valence-corrected chi connectivity index (χ2v) is 7.31. The quantitative estimate of drug-likeness (QED) is 0.519. The zero-order chi connectivity index (χ0) is 19.7. The lowest BCUT2D eigenvalue weighted by Gasteiger charge is -2.14. The van der Waals surface area contributed by atoms with Crippen LogP contribution in [0, 0.1) is 13.8 Å². The lowest BCUT2D eigenvalue weighted by atomic mass is 9.97. The smallest absolute Gasteiger partial charge is 0.258 e. The average Bonchev–Trinajstić information content (AvgIpc) is 3.12. The first-order valence-corrected chi connectivity index (χ1v) is 9.72. The van der Waals surface area contributed by atoms with Crippen molar-refractivity contribution in [2.24, 2.45) is 0 Å². The number of thiazole rings is 1. The van der Waals surface area contributed by atoms with Crippen molar-refractivity contribution in [3.8, 4) is 17.0 Å². The third kappa shape index (κ3) is 3.34. The number of nitrogens with one attached hydrogen (secondary N) is 1. The number of rotatable bonds is 4. The Balaban J connectivity index is 1.86. The minimum absolute atomic E-state index is 0.180. The summed E-state index contributed by atoms with van der Waals surface area (Å²) in [6.07, 6.45) is 0. The summed E-state index contributed by atoms with van der Waals surface area (Å²) in [4.78, 5) is 22.3. The lowest BCUT2D eigenvalue weighted by Crippen LogP contribution is -2.15. The number of benzene rings is 2. The fraction of sp³-hybridized carbons (Fsp3) is 0.136. The predicted octanol–water partition coefficient (Wildman–Crippen LogP) is 5.24. The van der Waals surface area contributed by atoms with Crippen LogP contribution in [0.2, 0.25) is 0 Å². The zero-order valence-electron chi connectivity index (χ0n) is 15.8. The molecule has 0 aliphatic carbocycles. The number of amides is 1. The molecule has 2 heterocycles. The SMILES string of the molecule is COc1ccc(-c2nc3ccccc3c(C(=O)Nc3nc(C)cs3)c2C)cc1. The number of hydrogen-bond donors (Lipinski definition) is 1. The Kier molecular flexibility index (Phi) is 4.79. The maximum absolute atomic E-state index is 13.1. The average molecular weight is 389 g/mol. The Morgan fingerprint density at radius 1 is 1.04 bits per heavy atom. The number of pyridine rings is 1. The molecule has 0 aliphatic rings. The number of carbonyl (C=O) groups excluding carboxylic acids is 1. The van der Waals surface area contributed by atoms with E-state index < -0.39 is 0 Å². The van der Waals surface area contributed by atoms with Crippen LogP contribution in [0.25, 0.3) is 22.2 Å². The Labute approximate surface area is 167 Å². The molecule has 0 spiro atoms. The second kappa shape index (κ2) is 7.40. The molecule has 6 heteroatoms. The van der Waals surface area contributed by atoms with Gasteiger partial charge in [-0.1, -0.05) is 18.2 Å². The van der Waals surface area contributed by atoms with E-state index in [0.29, 0.717) is 10.7 Å². The van der Waals surface area contributed by atoms with Crippen molar-refractivity contribution >= 4 is 33.3 Å². The summed E-state index contributed by atoms with van der Waals surface area (Å²) < 4.78 is 5.25. The molecule has 1 amide bonds. The molecule has 4 rings (SSSR count). The summed E-state index contributed by atoms with van der Waals surface area (Å²) in [6, 6.07) is 15.4. The largest absolute Gasteiger partial charge is 0.497 e. The van der Waals surface area contributed by atoms with E-state index >= 15 is 0 Å². The van der Waals surface area contributed by atoms with E-state index in [1.807, 2.05) is 67.8 Å². The van der Waals surface area contributed by atoms with Crippen LogP contribution in [0.1, 0.15) is 21.6 Å². The molecule has 0 bridgehead atoms. The van der Waals surface area contributed by atoms with Crippen molar-refractivity contribution < 1.29 is 9.53 Å². The third-order valence-corrected chi connectivity index (χ3v) is 5.44. The lowest BCUT2D eigenvalue weighted by molar-refractivity contribution is 0.102. The highest BCUT2D eigenvalue weighted by Crippen LogP contribution is 2.31. The molecule has 0 saturated heterocycles. The van der Waals surface area contributed by atoms with Gasteiger partial charge in [0.2, 0.25) is 0 Å². The highest BCUT2D eigenvalue weighted by Gasteiger charge is 2.19. The van der Waals surface area contributed by atoms with Crippen molar-refractivity contribution in [1.82, 2.24) is 9.97 Å². The van der Waals surface area contributed by atoms with Gasteiger partial charge >= 0.3 is 0 Å². The number of carbonyl (C=O) groups is 1. The van der Waals surface area contributed by atoms with E-state index in [0.717, 1.165) is 39.2 Å². The number of fused-ring (bicyclic) bond motifs is 1.